The quantitative estimate of drug-likeness (QED) is 0.512. The van der Waals surface area contributed by atoms with Gasteiger partial charge in [0.25, 0.3) is 5.91 Å². The second-order valence-electron chi connectivity index (χ2n) is 7.76. The molecule has 0 unspecified atom stereocenters. The van der Waals surface area contributed by atoms with Gasteiger partial charge in [0, 0.05) is 56.7 Å². The van der Waals surface area contributed by atoms with Gasteiger partial charge in [-0.3, -0.25) is 9.48 Å². The summed E-state index contributed by atoms with van der Waals surface area (Å²) in [7, 11) is 3.71. The van der Waals surface area contributed by atoms with Gasteiger partial charge in [-0.2, -0.15) is 5.10 Å². The number of hydrogen-bond acceptors (Lipinski definition) is 4. The first-order valence-electron chi connectivity index (χ1n) is 9.98. The minimum absolute atomic E-state index is 0.0199. The van der Waals surface area contributed by atoms with E-state index >= 15 is 0 Å². The predicted molar refractivity (Wildman–Crippen MR) is 117 cm³/mol. The van der Waals surface area contributed by atoms with Crippen LogP contribution in [0.5, 0.6) is 0 Å². The van der Waals surface area contributed by atoms with Crippen LogP contribution in [-0.2, 0) is 13.6 Å². The lowest BCUT2D eigenvalue weighted by atomic mass is 9.99. The fourth-order valence-corrected chi connectivity index (χ4v) is 3.61. The zero-order valence-electron chi connectivity index (χ0n) is 18.0. The highest BCUT2D eigenvalue weighted by molar-refractivity contribution is 6.07. The molecule has 0 N–H and O–H groups in total. The van der Waals surface area contributed by atoms with E-state index in [1.54, 1.807) is 22.0 Å². The van der Waals surface area contributed by atoms with Gasteiger partial charge < -0.3 is 9.47 Å². The molecule has 0 atom stereocenters. The van der Waals surface area contributed by atoms with E-state index in [4.69, 9.17) is 4.98 Å². The Morgan fingerprint density at radius 3 is 2.67 bits per heavy atom. The first-order chi connectivity index (χ1) is 14.3. The molecule has 1 aromatic carbocycles. The van der Waals surface area contributed by atoms with Crippen molar-refractivity contribution in [1.29, 1.82) is 0 Å². The van der Waals surface area contributed by atoms with E-state index in [9.17, 15) is 4.79 Å². The minimum Gasteiger partial charge on any atom is -0.340 e. The largest absolute Gasteiger partial charge is 0.340 e. The number of carbonyl (C=O) groups excluding carboxylic acids is 1. The van der Waals surface area contributed by atoms with Crippen LogP contribution < -0.4 is 0 Å². The summed E-state index contributed by atoms with van der Waals surface area (Å²) >= 11 is 0. The van der Waals surface area contributed by atoms with E-state index in [0.717, 1.165) is 39.1 Å². The third-order valence-corrected chi connectivity index (χ3v) is 5.68. The van der Waals surface area contributed by atoms with E-state index in [2.05, 4.69) is 30.0 Å². The van der Waals surface area contributed by atoms with Gasteiger partial charge in [-0.15, -0.1) is 0 Å². The monoisotopic (exact) mass is 402 g/mol. The number of hydrogen-bond donors (Lipinski definition) is 0. The van der Waals surface area contributed by atoms with Crippen LogP contribution in [0.2, 0.25) is 0 Å². The lowest BCUT2D eigenvalue weighted by molar-refractivity contribution is 0.0792. The molecule has 30 heavy (non-hydrogen) atoms. The summed E-state index contributed by atoms with van der Waals surface area (Å²) in [5, 5.41) is 5.14. The molecule has 0 saturated carbocycles. The number of imidazole rings is 1. The van der Waals surface area contributed by atoms with Gasteiger partial charge in [-0.05, 0) is 38.0 Å². The molecule has 0 aliphatic heterocycles. The van der Waals surface area contributed by atoms with Crippen molar-refractivity contribution in [3.05, 3.63) is 65.5 Å². The van der Waals surface area contributed by atoms with Crippen molar-refractivity contribution in [2.45, 2.75) is 27.3 Å². The molecule has 0 aliphatic carbocycles. The molecule has 3 heterocycles. The maximum absolute atomic E-state index is 13.4. The number of benzene rings is 1. The van der Waals surface area contributed by atoms with Crippen LogP contribution in [0.25, 0.3) is 22.2 Å². The van der Waals surface area contributed by atoms with Crippen molar-refractivity contribution < 1.29 is 4.79 Å². The van der Waals surface area contributed by atoms with Gasteiger partial charge in [0.2, 0.25) is 0 Å². The number of pyridine rings is 1. The second kappa shape index (κ2) is 7.74. The average molecular weight is 403 g/mol. The topological polar surface area (TPSA) is 68.8 Å². The van der Waals surface area contributed by atoms with Gasteiger partial charge in [0.1, 0.15) is 5.82 Å². The smallest absolute Gasteiger partial charge is 0.254 e. The molecule has 1 amide bonds. The first-order valence-corrected chi connectivity index (χ1v) is 9.98. The molecule has 7 nitrogen and oxygen atoms in total. The zero-order valence-corrected chi connectivity index (χ0v) is 18.0. The van der Waals surface area contributed by atoms with Crippen molar-refractivity contribution >= 4 is 16.8 Å². The summed E-state index contributed by atoms with van der Waals surface area (Å²) in [6.45, 7) is 7.37. The Morgan fingerprint density at radius 1 is 1.20 bits per heavy atom. The SMILES string of the molecule is Cc1ccc2c(C(=O)N(C)CCn3ccnc3C)cc(-c3cnn(C)c3)nc2c1C. The van der Waals surface area contributed by atoms with E-state index in [0.29, 0.717) is 18.7 Å². The Hall–Kier alpha value is -3.48. The maximum atomic E-state index is 13.4. The number of aromatic nitrogens is 5. The van der Waals surface area contributed by atoms with Crippen LogP contribution in [-0.4, -0.2) is 48.7 Å². The van der Waals surface area contributed by atoms with Gasteiger partial charge in [0.05, 0.1) is 23.0 Å². The van der Waals surface area contributed by atoms with E-state index in [1.807, 2.05) is 50.1 Å². The number of amides is 1. The second-order valence-corrected chi connectivity index (χ2v) is 7.76. The van der Waals surface area contributed by atoms with E-state index < -0.39 is 0 Å². The van der Waals surface area contributed by atoms with Crippen LogP contribution in [0.4, 0.5) is 0 Å². The molecular weight excluding hydrogens is 376 g/mol. The summed E-state index contributed by atoms with van der Waals surface area (Å²) < 4.78 is 3.79. The van der Waals surface area contributed by atoms with Crippen LogP contribution in [0.1, 0.15) is 27.3 Å². The lowest BCUT2D eigenvalue weighted by Gasteiger charge is -2.20. The Morgan fingerprint density at radius 2 is 2.00 bits per heavy atom. The molecule has 0 bridgehead atoms. The van der Waals surface area contributed by atoms with Crippen LogP contribution >= 0.6 is 0 Å². The molecule has 4 rings (SSSR count). The summed E-state index contributed by atoms with van der Waals surface area (Å²) in [6.07, 6.45) is 7.40. The Labute approximate surface area is 176 Å². The van der Waals surface area contributed by atoms with Crippen LogP contribution in [0.15, 0.2) is 43.0 Å². The highest BCUT2D eigenvalue weighted by atomic mass is 16.2. The van der Waals surface area contributed by atoms with Crippen molar-refractivity contribution in [2.75, 3.05) is 13.6 Å². The van der Waals surface area contributed by atoms with E-state index in [-0.39, 0.29) is 5.91 Å². The normalized spacial score (nSPS) is 11.2. The molecule has 0 saturated heterocycles. The fraction of sp³-hybridized carbons (Fsp3) is 0.304. The Bertz CT molecular complexity index is 1240. The average Bonchev–Trinajstić information content (AvgIpc) is 3.35. The van der Waals surface area contributed by atoms with Crippen molar-refractivity contribution in [3.63, 3.8) is 0 Å². The molecule has 0 fully saturated rings. The maximum Gasteiger partial charge on any atom is 0.254 e. The third-order valence-electron chi connectivity index (χ3n) is 5.68. The molecular formula is C23H26N6O. The van der Waals surface area contributed by atoms with Gasteiger partial charge in [-0.25, -0.2) is 9.97 Å². The third kappa shape index (κ3) is 3.58. The minimum atomic E-state index is -0.0199. The van der Waals surface area contributed by atoms with Crippen LogP contribution in [0, 0.1) is 20.8 Å². The van der Waals surface area contributed by atoms with Crippen molar-refractivity contribution in [1.82, 2.24) is 29.2 Å². The zero-order chi connectivity index (χ0) is 21.4. The molecule has 7 heteroatoms. The van der Waals surface area contributed by atoms with Crippen LogP contribution in [0.3, 0.4) is 0 Å². The standard InChI is InChI=1S/C23H26N6O/c1-15-6-7-19-20(23(30)27(4)10-11-29-9-8-24-17(29)3)12-21(26-22(19)16(15)2)18-13-25-28(5)14-18/h6-9,12-14H,10-11H2,1-5H3. The first kappa shape index (κ1) is 19.8. The van der Waals surface area contributed by atoms with Crippen molar-refractivity contribution in [3.8, 4) is 11.3 Å². The molecule has 154 valence electrons. The number of nitrogens with zero attached hydrogens (tertiary/aromatic N) is 6. The Kier molecular flexibility index (Phi) is 5.11. The molecule has 0 spiro atoms. The number of likely N-dealkylation sites (N-methyl/N-ethyl adjacent to an activating group) is 1. The van der Waals surface area contributed by atoms with Crippen molar-refractivity contribution in [2.24, 2.45) is 7.05 Å². The highest BCUT2D eigenvalue weighted by Gasteiger charge is 2.19. The predicted octanol–water partition coefficient (Wildman–Crippen LogP) is 3.53. The summed E-state index contributed by atoms with van der Waals surface area (Å²) in [5.74, 6) is 0.920. The van der Waals surface area contributed by atoms with Gasteiger partial charge >= 0.3 is 0 Å². The highest BCUT2D eigenvalue weighted by Crippen LogP contribution is 2.28. The number of aryl methyl sites for hydroxylation is 4. The van der Waals surface area contributed by atoms with Gasteiger partial charge in [-0.1, -0.05) is 12.1 Å². The molecule has 0 aliphatic rings. The number of carbonyl (C=O) groups is 1. The van der Waals surface area contributed by atoms with Gasteiger partial charge in [0.15, 0.2) is 0 Å². The lowest BCUT2D eigenvalue weighted by Crippen LogP contribution is -2.30. The fourth-order valence-electron chi connectivity index (χ4n) is 3.61. The Balaban J connectivity index is 1.75. The molecule has 4 aromatic rings. The number of fused-ring (bicyclic) bond motifs is 1. The summed E-state index contributed by atoms with van der Waals surface area (Å²) in [4.78, 5) is 24.3. The summed E-state index contributed by atoms with van der Waals surface area (Å²) in [6, 6.07) is 5.93. The van der Waals surface area contributed by atoms with E-state index in [1.165, 1.54) is 0 Å². The molecule has 3 aromatic heterocycles. The number of rotatable bonds is 5. The molecule has 0 radical (unpaired) electrons. The summed E-state index contributed by atoms with van der Waals surface area (Å²) in [5.41, 5.74) is 5.41.